The van der Waals surface area contributed by atoms with Crippen LogP contribution in [0.1, 0.15) is 25.3 Å². The molecule has 21 heavy (non-hydrogen) atoms. The van der Waals surface area contributed by atoms with Gasteiger partial charge in [-0.1, -0.05) is 6.07 Å². The number of benzene rings is 1. The van der Waals surface area contributed by atoms with E-state index >= 15 is 0 Å². The van der Waals surface area contributed by atoms with Crippen molar-refractivity contribution in [2.24, 2.45) is 0 Å². The molecule has 0 radical (unpaired) electrons. The fourth-order valence-electron chi connectivity index (χ4n) is 2.13. The summed E-state index contributed by atoms with van der Waals surface area (Å²) in [5.74, 6) is 0.0914. The summed E-state index contributed by atoms with van der Waals surface area (Å²) in [5, 5.41) is 10.9. The molecule has 3 atom stereocenters. The summed E-state index contributed by atoms with van der Waals surface area (Å²) in [4.78, 5) is 12.1. The first-order valence-corrected chi connectivity index (χ1v) is 8.28. The van der Waals surface area contributed by atoms with E-state index in [0.29, 0.717) is 23.6 Å². The molecule has 1 aromatic carbocycles. The highest BCUT2D eigenvalue weighted by Gasteiger charge is 2.25. The van der Waals surface area contributed by atoms with Crippen molar-refractivity contribution in [3.8, 4) is 6.07 Å². The van der Waals surface area contributed by atoms with Crippen LogP contribution >= 0.6 is 0 Å². The molecule has 1 amide bonds. The van der Waals surface area contributed by atoms with Crippen LogP contribution in [-0.2, 0) is 20.3 Å². The molecule has 1 heterocycles. The second-order valence-corrected chi connectivity index (χ2v) is 6.81. The minimum absolute atomic E-state index is 0.00278. The third-order valence-electron chi connectivity index (χ3n) is 3.40. The lowest BCUT2D eigenvalue weighted by Gasteiger charge is -2.15. The summed E-state index contributed by atoms with van der Waals surface area (Å²) < 4.78 is 17.6. The third kappa shape index (κ3) is 4.38. The molecule has 112 valence electrons. The summed E-state index contributed by atoms with van der Waals surface area (Å²) in [6, 6.07) is 8.66. The zero-order chi connectivity index (χ0) is 15.2. The lowest BCUT2D eigenvalue weighted by Crippen LogP contribution is -2.33. The fourth-order valence-corrected chi connectivity index (χ4v) is 3.35. The van der Waals surface area contributed by atoms with Crippen LogP contribution in [0.15, 0.2) is 24.3 Å². The van der Waals surface area contributed by atoms with Crippen molar-refractivity contribution in [1.82, 2.24) is 0 Å². The molecule has 1 aliphatic rings. The number of rotatable bonds is 5. The van der Waals surface area contributed by atoms with Gasteiger partial charge in [-0.15, -0.1) is 0 Å². The largest absolute Gasteiger partial charge is 0.377 e. The Morgan fingerprint density at radius 2 is 2.43 bits per heavy atom. The van der Waals surface area contributed by atoms with Crippen molar-refractivity contribution in [3.05, 3.63) is 29.8 Å². The lowest BCUT2D eigenvalue weighted by atomic mass is 10.2. The third-order valence-corrected chi connectivity index (χ3v) is 5.10. The van der Waals surface area contributed by atoms with Crippen molar-refractivity contribution < 1.29 is 13.7 Å². The number of anilines is 1. The summed E-state index contributed by atoms with van der Waals surface area (Å²) in [6.45, 7) is 2.36. The van der Waals surface area contributed by atoms with Gasteiger partial charge in [0, 0.05) is 23.1 Å². The standard InChI is InChI=1S/C15H18N2O3S/c1-11(21(19)10-14-6-3-7-20-14)15(18)17-13-5-2-4-12(8-13)9-16/h2,4-5,8,11,14H,3,6-7,10H2,1H3,(H,17,18). The topological polar surface area (TPSA) is 79.2 Å². The van der Waals surface area contributed by atoms with E-state index in [1.165, 1.54) is 0 Å². The number of ether oxygens (including phenoxy) is 1. The van der Waals surface area contributed by atoms with Crippen molar-refractivity contribution >= 4 is 22.4 Å². The van der Waals surface area contributed by atoms with E-state index in [4.69, 9.17) is 10.00 Å². The van der Waals surface area contributed by atoms with Crippen molar-refractivity contribution in [1.29, 1.82) is 5.26 Å². The van der Waals surface area contributed by atoms with Crippen LogP contribution in [0.2, 0.25) is 0 Å². The zero-order valence-corrected chi connectivity index (χ0v) is 12.7. The molecule has 3 unspecified atom stereocenters. The summed E-state index contributed by atoms with van der Waals surface area (Å²) in [5.41, 5.74) is 1.01. The Balaban J connectivity index is 1.92. The Morgan fingerprint density at radius 3 is 3.10 bits per heavy atom. The number of nitrogens with zero attached hydrogens (tertiary/aromatic N) is 1. The van der Waals surface area contributed by atoms with Crippen LogP contribution < -0.4 is 5.32 Å². The molecule has 0 saturated carbocycles. The van der Waals surface area contributed by atoms with Gasteiger partial charge in [-0.25, -0.2) is 0 Å². The Kier molecular flexibility index (Phi) is 5.48. The van der Waals surface area contributed by atoms with Crippen LogP contribution in [0.4, 0.5) is 5.69 Å². The Bertz CT molecular complexity index is 577. The number of hydrogen-bond acceptors (Lipinski definition) is 4. The molecular formula is C15H18N2O3S. The summed E-state index contributed by atoms with van der Waals surface area (Å²) in [6.07, 6.45) is 1.90. The van der Waals surface area contributed by atoms with Crippen molar-refractivity contribution in [2.75, 3.05) is 17.7 Å². The predicted octanol–water partition coefficient (Wildman–Crippen LogP) is 1.81. The van der Waals surface area contributed by atoms with E-state index in [-0.39, 0.29) is 12.0 Å². The van der Waals surface area contributed by atoms with E-state index in [1.54, 1.807) is 31.2 Å². The van der Waals surface area contributed by atoms with Gasteiger partial charge in [-0.2, -0.15) is 5.26 Å². The van der Waals surface area contributed by atoms with Gasteiger partial charge in [-0.3, -0.25) is 9.00 Å². The van der Waals surface area contributed by atoms with E-state index in [9.17, 15) is 9.00 Å². The Hall–Kier alpha value is -1.71. The molecule has 6 heteroatoms. The molecule has 2 rings (SSSR count). The molecule has 1 aliphatic heterocycles. The second-order valence-electron chi connectivity index (χ2n) is 5.01. The predicted molar refractivity (Wildman–Crippen MR) is 81.2 cm³/mol. The van der Waals surface area contributed by atoms with Gasteiger partial charge in [0.15, 0.2) is 0 Å². The monoisotopic (exact) mass is 306 g/mol. The maximum Gasteiger partial charge on any atom is 0.239 e. The van der Waals surface area contributed by atoms with Gasteiger partial charge in [0.25, 0.3) is 0 Å². The van der Waals surface area contributed by atoms with Crippen molar-refractivity contribution in [2.45, 2.75) is 31.1 Å². The molecule has 0 aliphatic carbocycles. The average molecular weight is 306 g/mol. The Labute approximate surface area is 126 Å². The van der Waals surface area contributed by atoms with E-state index < -0.39 is 16.0 Å². The first-order valence-electron chi connectivity index (χ1n) is 6.90. The van der Waals surface area contributed by atoms with Crippen LogP contribution in [0.3, 0.4) is 0 Å². The van der Waals surface area contributed by atoms with Gasteiger partial charge >= 0.3 is 0 Å². The molecule has 1 N–H and O–H groups in total. The van der Waals surface area contributed by atoms with Crippen LogP contribution in [0.5, 0.6) is 0 Å². The minimum Gasteiger partial charge on any atom is -0.377 e. The number of carbonyl (C=O) groups is 1. The maximum absolute atomic E-state index is 12.2. The molecule has 5 nitrogen and oxygen atoms in total. The molecule has 0 aromatic heterocycles. The van der Waals surface area contributed by atoms with E-state index in [1.807, 2.05) is 6.07 Å². The van der Waals surface area contributed by atoms with Crippen LogP contribution in [-0.4, -0.2) is 33.8 Å². The highest BCUT2D eigenvalue weighted by molar-refractivity contribution is 7.86. The SMILES string of the molecule is CC(C(=O)Nc1cccc(C#N)c1)S(=O)CC1CCCO1. The lowest BCUT2D eigenvalue weighted by molar-refractivity contribution is -0.115. The second kappa shape index (κ2) is 7.34. The van der Waals surface area contributed by atoms with Gasteiger partial charge in [0.05, 0.1) is 23.5 Å². The average Bonchev–Trinajstić information content (AvgIpc) is 2.99. The van der Waals surface area contributed by atoms with Gasteiger partial charge < -0.3 is 10.1 Å². The first-order chi connectivity index (χ1) is 10.1. The quantitative estimate of drug-likeness (QED) is 0.900. The molecule has 0 spiro atoms. The molecular weight excluding hydrogens is 288 g/mol. The smallest absolute Gasteiger partial charge is 0.239 e. The van der Waals surface area contributed by atoms with E-state index in [0.717, 1.165) is 12.8 Å². The van der Waals surface area contributed by atoms with Gasteiger partial charge in [0.2, 0.25) is 5.91 Å². The zero-order valence-electron chi connectivity index (χ0n) is 11.9. The summed E-state index contributed by atoms with van der Waals surface area (Å²) >= 11 is 0. The fraction of sp³-hybridized carbons (Fsp3) is 0.467. The molecule has 1 saturated heterocycles. The van der Waals surface area contributed by atoms with E-state index in [2.05, 4.69) is 5.32 Å². The maximum atomic E-state index is 12.2. The Morgan fingerprint density at radius 1 is 1.62 bits per heavy atom. The first kappa shape index (κ1) is 15.7. The highest BCUT2D eigenvalue weighted by Crippen LogP contribution is 2.15. The van der Waals surface area contributed by atoms with Crippen molar-refractivity contribution in [3.63, 3.8) is 0 Å². The molecule has 0 bridgehead atoms. The molecule has 1 fully saturated rings. The number of nitrogens with one attached hydrogen (secondary N) is 1. The normalized spacial score (nSPS) is 20.5. The molecule has 1 aromatic rings. The van der Waals surface area contributed by atoms with Gasteiger partial charge in [0.1, 0.15) is 5.25 Å². The number of amides is 1. The summed E-state index contributed by atoms with van der Waals surface area (Å²) in [7, 11) is -1.27. The number of hydrogen-bond donors (Lipinski definition) is 1. The van der Waals surface area contributed by atoms with Gasteiger partial charge in [-0.05, 0) is 38.0 Å². The van der Waals surface area contributed by atoms with Crippen LogP contribution in [0.25, 0.3) is 0 Å². The highest BCUT2D eigenvalue weighted by atomic mass is 32.2. The van der Waals surface area contributed by atoms with Crippen LogP contribution in [0, 0.1) is 11.3 Å². The minimum atomic E-state index is -1.27. The number of nitriles is 1. The number of carbonyl (C=O) groups excluding carboxylic acids is 1.